The van der Waals surface area contributed by atoms with Gasteiger partial charge in [-0.1, -0.05) is 12.1 Å². The van der Waals surface area contributed by atoms with E-state index in [0.29, 0.717) is 29.7 Å². The SMILES string of the molecule is COc1cccc(CN2CCCC(CCl)C2)c1F. The van der Waals surface area contributed by atoms with Crippen LogP contribution in [0.5, 0.6) is 5.75 Å². The lowest BCUT2D eigenvalue weighted by Gasteiger charge is -2.31. The predicted octanol–water partition coefficient (Wildman–Crippen LogP) is 3.29. The minimum absolute atomic E-state index is 0.243. The lowest BCUT2D eigenvalue weighted by Crippen LogP contribution is -2.35. The highest BCUT2D eigenvalue weighted by atomic mass is 35.5. The summed E-state index contributed by atoms with van der Waals surface area (Å²) in [5.41, 5.74) is 0.699. The zero-order valence-electron chi connectivity index (χ0n) is 10.7. The van der Waals surface area contributed by atoms with Gasteiger partial charge in [0.25, 0.3) is 0 Å². The summed E-state index contributed by atoms with van der Waals surface area (Å²) in [5.74, 6) is 1.30. The third-order valence-corrected chi connectivity index (χ3v) is 3.91. The van der Waals surface area contributed by atoms with Crippen LogP contribution in [0.1, 0.15) is 18.4 Å². The molecule has 1 atom stereocenters. The lowest BCUT2D eigenvalue weighted by atomic mass is 9.99. The van der Waals surface area contributed by atoms with Crippen LogP contribution in [0.15, 0.2) is 18.2 Å². The highest BCUT2D eigenvalue weighted by Gasteiger charge is 2.20. The molecule has 0 N–H and O–H groups in total. The summed E-state index contributed by atoms with van der Waals surface area (Å²) in [6.07, 6.45) is 2.32. The number of methoxy groups -OCH3 is 1. The summed E-state index contributed by atoms with van der Waals surface area (Å²) in [4.78, 5) is 2.27. The topological polar surface area (TPSA) is 12.5 Å². The van der Waals surface area contributed by atoms with Gasteiger partial charge in [-0.2, -0.15) is 0 Å². The first kappa shape index (κ1) is 13.6. The zero-order valence-corrected chi connectivity index (χ0v) is 11.4. The molecule has 4 heteroatoms. The Balaban J connectivity index is 2.04. The fourth-order valence-electron chi connectivity index (χ4n) is 2.50. The number of halogens is 2. The Hall–Kier alpha value is -0.800. The molecule has 1 heterocycles. The smallest absolute Gasteiger partial charge is 0.169 e. The number of alkyl halides is 1. The molecule has 100 valence electrons. The van der Waals surface area contributed by atoms with E-state index in [-0.39, 0.29) is 5.82 Å². The summed E-state index contributed by atoms with van der Waals surface area (Å²) >= 11 is 5.91. The Labute approximate surface area is 113 Å². The van der Waals surface area contributed by atoms with Gasteiger partial charge in [0.2, 0.25) is 0 Å². The number of hydrogen-bond acceptors (Lipinski definition) is 2. The minimum Gasteiger partial charge on any atom is -0.494 e. The van der Waals surface area contributed by atoms with Crippen molar-refractivity contribution in [3.05, 3.63) is 29.6 Å². The second kappa shape index (κ2) is 6.39. The molecule has 2 rings (SSSR count). The first-order chi connectivity index (χ1) is 8.74. The molecule has 0 amide bonds. The molecule has 0 aliphatic carbocycles. The van der Waals surface area contributed by atoms with Crippen LogP contribution in [0.2, 0.25) is 0 Å². The highest BCUT2D eigenvalue weighted by Crippen LogP contribution is 2.24. The van der Waals surface area contributed by atoms with Gasteiger partial charge in [0.15, 0.2) is 11.6 Å². The quantitative estimate of drug-likeness (QED) is 0.779. The van der Waals surface area contributed by atoms with E-state index in [0.717, 1.165) is 19.5 Å². The fourth-order valence-corrected chi connectivity index (χ4v) is 2.75. The Kier molecular flexibility index (Phi) is 4.84. The summed E-state index contributed by atoms with van der Waals surface area (Å²) in [6, 6.07) is 5.30. The van der Waals surface area contributed by atoms with E-state index in [1.807, 2.05) is 12.1 Å². The molecule has 1 aromatic carbocycles. The Bertz CT molecular complexity index is 399. The summed E-state index contributed by atoms with van der Waals surface area (Å²) in [5, 5.41) is 0. The van der Waals surface area contributed by atoms with Crippen LogP contribution in [0.25, 0.3) is 0 Å². The van der Waals surface area contributed by atoms with Gasteiger partial charge in [0.1, 0.15) is 0 Å². The monoisotopic (exact) mass is 271 g/mol. The van der Waals surface area contributed by atoms with Crippen molar-refractivity contribution >= 4 is 11.6 Å². The first-order valence-electron chi connectivity index (χ1n) is 6.34. The van der Waals surface area contributed by atoms with E-state index >= 15 is 0 Å². The van der Waals surface area contributed by atoms with Gasteiger partial charge in [0.05, 0.1) is 7.11 Å². The van der Waals surface area contributed by atoms with E-state index < -0.39 is 0 Å². The van der Waals surface area contributed by atoms with Crippen LogP contribution in [-0.4, -0.2) is 31.0 Å². The third-order valence-electron chi connectivity index (χ3n) is 3.48. The van der Waals surface area contributed by atoms with E-state index in [2.05, 4.69) is 4.90 Å². The first-order valence-corrected chi connectivity index (χ1v) is 6.87. The van der Waals surface area contributed by atoms with Gasteiger partial charge in [-0.25, -0.2) is 4.39 Å². The van der Waals surface area contributed by atoms with E-state index in [4.69, 9.17) is 16.3 Å². The average Bonchev–Trinajstić information content (AvgIpc) is 2.41. The second-order valence-corrected chi connectivity index (χ2v) is 5.14. The molecule has 0 aromatic heterocycles. The molecule has 1 saturated heterocycles. The average molecular weight is 272 g/mol. The standard InChI is InChI=1S/C14H19ClFNO/c1-18-13-6-2-5-12(14(13)16)10-17-7-3-4-11(8-15)9-17/h2,5-6,11H,3-4,7-10H2,1H3. The predicted molar refractivity (Wildman–Crippen MR) is 71.7 cm³/mol. The lowest BCUT2D eigenvalue weighted by molar-refractivity contribution is 0.176. The molecular formula is C14H19ClFNO. The van der Waals surface area contributed by atoms with E-state index in [1.54, 1.807) is 6.07 Å². The molecule has 0 saturated carbocycles. The molecule has 18 heavy (non-hydrogen) atoms. The van der Waals surface area contributed by atoms with Crippen molar-refractivity contribution in [1.82, 2.24) is 4.90 Å². The Morgan fingerprint density at radius 1 is 1.50 bits per heavy atom. The molecule has 1 unspecified atom stereocenters. The number of hydrogen-bond donors (Lipinski definition) is 0. The maximum atomic E-state index is 14.0. The van der Waals surface area contributed by atoms with Crippen LogP contribution in [0, 0.1) is 11.7 Å². The second-order valence-electron chi connectivity index (χ2n) is 4.83. The number of rotatable bonds is 4. The van der Waals surface area contributed by atoms with E-state index in [9.17, 15) is 4.39 Å². The van der Waals surface area contributed by atoms with Crippen molar-refractivity contribution in [2.75, 3.05) is 26.1 Å². The largest absolute Gasteiger partial charge is 0.494 e. The molecule has 1 aromatic rings. The molecule has 0 spiro atoms. The van der Waals surface area contributed by atoms with Crippen LogP contribution < -0.4 is 4.74 Å². The molecule has 1 aliphatic heterocycles. The van der Waals surface area contributed by atoms with Crippen molar-refractivity contribution in [2.45, 2.75) is 19.4 Å². The van der Waals surface area contributed by atoms with Gasteiger partial charge in [0, 0.05) is 24.5 Å². The van der Waals surface area contributed by atoms with Gasteiger partial charge >= 0.3 is 0 Å². The molecule has 2 nitrogen and oxygen atoms in total. The van der Waals surface area contributed by atoms with Gasteiger partial charge in [-0.3, -0.25) is 4.90 Å². The maximum Gasteiger partial charge on any atom is 0.169 e. The van der Waals surface area contributed by atoms with Crippen LogP contribution >= 0.6 is 11.6 Å². The fraction of sp³-hybridized carbons (Fsp3) is 0.571. The number of piperidine rings is 1. The highest BCUT2D eigenvalue weighted by molar-refractivity contribution is 6.18. The normalized spacial score (nSPS) is 20.9. The molecular weight excluding hydrogens is 253 g/mol. The Morgan fingerprint density at radius 2 is 2.33 bits per heavy atom. The third kappa shape index (κ3) is 3.15. The van der Waals surface area contributed by atoms with Crippen molar-refractivity contribution in [2.24, 2.45) is 5.92 Å². The summed E-state index contributed by atoms with van der Waals surface area (Å²) in [6.45, 7) is 2.61. The molecule has 1 fully saturated rings. The molecule has 1 aliphatic rings. The van der Waals surface area contributed by atoms with Crippen LogP contribution in [-0.2, 0) is 6.54 Å². The number of nitrogens with zero attached hydrogens (tertiary/aromatic N) is 1. The van der Waals surface area contributed by atoms with Gasteiger partial charge in [-0.05, 0) is 31.4 Å². The number of ether oxygens (including phenoxy) is 1. The molecule has 0 radical (unpaired) electrons. The summed E-state index contributed by atoms with van der Waals surface area (Å²) < 4.78 is 19.0. The Morgan fingerprint density at radius 3 is 3.06 bits per heavy atom. The van der Waals surface area contributed by atoms with Crippen molar-refractivity contribution in [1.29, 1.82) is 0 Å². The zero-order chi connectivity index (χ0) is 13.0. The van der Waals surface area contributed by atoms with Gasteiger partial charge < -0.3 is 4.74 Å². The summed E-state index contributed by atoms with van der Waals surface area (Å²) in [7, 11) is 1.49. The number of likely N-dealkylation sites (tertiary alicyclic amines) is 1. The van der Waals surface area contributed by atoms with Gasteiger partial charge in [-0.15, -0.1) is 11.6 Å². The van der Waals surface area contributed by atoms with Crippen molar-refractivity contribution in [3.63, 3.8) is 0 Å². The van der Waals surface area contributed by atoms with Crippen molar-refractivity contribution < 1.29 is 9.13 Å². The number of benzene rings is 1. The van der Waals surface area contributed by atoms with E-state index in [1.165, 1.54) is 13.5 Å². The maximum absolute atomic E-state index is 14.0. The minimum atomic E-state index is -0.243. The van der Waals surface area contributed by atoms with Crippen LogP contribution in [0.4, 0.5) is 4.39 Å². The van der Waals surface area contributed by atoms with Crippen LogP contribution in [0.3, 0.4) is 0 Å². The molecule has 0 bridgehead atoms. The van der Waals surface area contributed by atoms with Crippen molar-refractivity contribution in [3.8, 4) is 5.75 Å².